The van der Waals surface area contributed by atoms with Crippen molar-refractivity contribution in [3.63, 3.8) is 0 Å². The lowest BCUT2D eigenvalue weighted by atomic mass is 10.1. The number of fused-ring (bicyclic) bond motifs is 2. The molecule has 0 saturated carbocycles. The lowest BCUT2D eigenvalue weighted by Gasteiger charge is -2.27. The average molecular weight is 945 g/mol. The van der Waals surface area contributed by atoms with Gasteiger partial charge in [-0.1, -0.05) is 24.3 Å². The summed E-state index contributed by atoms with van der Waals surface area (Å²) < 4.78 is 115. The van der Waals surface area contributed by atoms with Crippen LogP contribution in [0.5, 0.6) is 23.0 Å². The number of nitrogens with zero attached hydrogens (tertiary/aromatic N) is 1. The molecule has 0 unspecified atom stereocenters. The van der Waals surface area contributed by atoms with E-state index in [4.69, 9.17) is 32.9 Å². The van der Waals surface area contributed by atoms with Crippen LogP contribution in [-0.4, -0.2) is 109 Å². The van der Waals surface area contributed by atoms with E-state index in [9.17, 15) is 45.6 Å². The average Bonchev–Trinajstić information content (AvgIpc) is 3.66. The van der Waals surface area contributed by atoms with Crippen molar-refractivity contribution < 1.29 is 77.5 Å². The van der Waals surface area contributed by atoms with E-state index in [2.05, 4.69) is 15.4 Å². The highest BCUT2D eigenvalue weighted by Crippen LogP contribution is 2.39. The molecule has 19 nitrogen and oxygen atoms in total. The minimum absolute atomic E-state index is 0.00942. The van der Waals surface area contributed by atoms with Crippen LogP contribution in [0.15, 0.2) is 72.8 Å². The molecule has 6 rings (SSSR count). The van der Waals surface area contributed by atoms with Crippen molar-refractivity contribution in [2.75, 3.05) is 61.9 Å². The van der Waals surface area contributed by atoms with Crippen LogP contribution in [0, 0.1) is 0 Å². The van der Waals surface area contributed by atoms with Gasteiger partial charge in [-0.15, -0.1) is 0 Å². The molecule has 0 saturated heterocycles. The van der Waals surface area contributed by atoms with Gasteiger partial charge in [-0.2, -0.15) is 0 Å². The van der Waals surface area contributed by atoms with E-state index in [1.807, 2.05) is 0 Å². The molecule has 0 spiro atoms. The Morgan fingerprint density at radius 1 is 0.677 bits per heavy atom. The van der Waals surface area contributed by atoms with Crippen molar-refractivity contribution in [1.29, 1.82) is 0 Å². The minimum atomic E-state index is -3.71. The number of methoxy groups -OCH3 is 2. The maximum absolute atomic E-state index is 13.4. The van der Waals surface area contributed by atoms with Crippen LogP contribution in [0.2, 0.25) is 0 Å². The summed E-state index contributed by atoms with van der Waals surface area (Å²) in [5.74, 6) is -4.29. The van der Waals surface area contributed by atoms with Gasteiger partial charge in [0.15, 0.2) is 23.0 Å². The second kappa shape index (κ2) is 21.7. The highest BCUT2D eigenvalue weighted by atomic mass is 32.2. The highest BCUT2D eigenvalue weighted by Gasteiger charge is 2.43. The second-order valence-corrected chi connectivity index (χ2v) is 18.6. The first kappa shape index (κ1) is 42.1. The summed E-state index contributed by atoms with van der Waals surface area (Å²) in [5.41, 5.74) is 7.30. The van der Waals surface area contributed by atoms with Gasteiger partial charge in [0.1, 0.15) is 19.7 Å². The summed E-state index contributed by atoms with van der Waals surface area (Å²) in [4.78, 5) is 72.4. The molecule has 4 aromatic rings. The third kappa shape index (κ3) is 13.1. The summed E-state index contributed by atoms with van der Waals surface area (Å²) in [6, 6.07) is 15.4. The van der Waals surface area contributed by atoms with Crippen LogP contribution in [0.1, 0.15) is 101 Å². The quantitative estimate of drug-likeness (QED) is 0.0839. The van der Waals surface area contributed by atoms with Gasteiger partial charge in [0.2, 0.25) is 11.8 Å². The lowest BCUT2D eigenvalue weighted by Crippen LogP contribution is -2.37. The predicted octanol–water partition coefficient (Wildman–Crippen LogP) is 4.53. The lowest BCUT2D eigenvalue weighted by molar-refractivity contribution is -0.115. The molecule has 348 valence electrons. The summed E-state index contributed by atoms with van der Waals surface area (Å²) >= 11 is 0. The fourth-order valence-corrected chi connectivity index (χ4v) is 8.29. The number of ether oxygens (including phenoxy) is 5. The van der Waals surface area contributed by atoms with E-state index in [0.717, 1.165) is 17.4 Å². The number of amides is 4. The Kier molecular flexibility index (Phi) is 14.1. The summed E-state index contributed by atoms with van der Waals surface area (Å²) in [5, 5.41) is 4.98. The van der Waals surface area contributed by atoms with Gasteiger partial charge >= 0.3 is 11.9 Å². The van der Waals surface area contributed by atoms with Crippen LogP contribution in [0.3, 0.4) is 0 Å². The van der Waals surface area contributed by atoms with Crippen molar-refractivity contribution in [3.05, 3.63) is 106 Å². The van der Waals surface area contributed by atoms with Crippen molar-refractivity contribution in [1.82, 2.24) is 4.90 Å². The molecule has 2 atom stereocenters. The highest BCUT2D eigenvalue weighted by molar-refractivity contribution is 7.90. The summed E-state index contributed by atoms with van der Waals surface area (Å²) in [6.07, 6.45) is 2.07. The number of nitrogens with one attached hydrogen (secondary N) is 2. The van der Waals surface area contributed by atoms with Gasteiger partial charge < -0.3 is 40.1 Å². The van der Waals surface area contributed by atoms with Crippen molar-refractivity contribution >= 4 is 66.6 Å². The normalized spacial score (nSPS) is 15.5. The Balaban J connectivity index is 0.000000257. The number of imide groups is 1. The molecule has 21 heteroatoms. The molecule has 0 aromatic heterocycles. The number of hydrogen-bond donors (Lipinski definition) is 3. The molecule has 0 aliphatic carbocycles. The predicted molar refractivity (Wildman–Crippen MR) is 239 cm³/mol. The van der Waals surface area contributed by atoms with E-state index >= 15 is 0 Å². The van der Waals surface area contributed by atoms with E-state index in [1.165, 1.54) is 74.5 Å². The molecule has 4 amide bonds. The van der Waals surface area contributed by atoms with Gasteiger partial charge in [0.05, 0.1) is 86.7 Å². The fraction of sp³-hybridized carbons (Fsp3) is 0.318. The zero-order valence-corrected chi connectivity index (χ0v) is 37.5. The molecular formula is C44H50N4O15S2. The number of nitrogens with two attached hydrogens (primary N) is 1. The van der Waals surface area contributed by atoms with Crippen molar-refractivity contribution in [2.24, 2.45) is 5.73 Å². The van der Waals surface area contributed by atoms with E-state index < -0.39 is 81.2 Å². The number of hydrogen-bond acceptors (Lipinski definition) is 16. The molecule has 2 aliphatic rings. The molecule has 65 heavy (non-hydrogen) atoms. The topological polar surface area (TPSA) is 270 Å². The number of esters is 2. The first-order valence-corrected chi connectivity index (χ1v) is 23.4. The Bertz CT molecular complexity index is 2950. The zero-order chi connectivity index (χ0) is 53.4. The Hall–Kier alpha value is -6.84. The van der Waals surface area contributed by atoms with E-state index in [0.29, 0.717) is 17.9 Å². The van der Waals surface area contributed by atoms with Gasteiger partial charge in [0.25, 0.3) is 11.8 Å². The van der Waals surface area contributed by atoms with E-state index in [1.54, 1.807) is 26.0 Å². The maximum Gasteiger partial charge on any atom is 0.349 e. The number of carbonyl (C=O) groups is 6. The molecule has 0 radical (unpaired) electrons. The number of carbonyl (C=O) groups excluding carboxylic acids is 6. The van der Waals surface area contributed by atoms with Crippen LogP contribution in [0.4, 0.5) is 11.4 Å². The van der Waals surface area contributed by atoms with Crippen molar-refractivity contribution in [2.45, 2.75) is 39.8 Å². The molecule has 4 N–H and O–H groups in total. The van der Waals surface area contributed by atoms with E-state index in [-0.39, 0.29) is 74.8 Å². The number of cyclic esters (lactones) is 2. The first-order valence-electron chi connectivity index (χ1n) is 22.3. The molecule has 4 aromatic carbocycles. The van der Waals surface area contributed by atoms with Gasteiger partial charge in [-0.25, -0.2) is 26.4 Å². The summed E-state index contributed by atoms with van der Waals surface area (Å²) in [7, 11) is -12.3. The number of sulfone groups is 2. The van der Waals surface area contributed by atoms with Crippen LogP contribution in [-0.2, 0) is 34.0 Å². The summed E-state index contributed by atoms with van der Waals surface area (Å²) in [6.45, 7) is 6.42. The van der Waals surface area contributed by atoms with Gasteiger partial charge in [-0.05, 0) is 73.5 Å². The molecule has 2 heterocycles. The zero-order valence-electron chi connectivity index (χ0n) is 41.9. The SMILES string of the molecule is CC(=O)Nc1cccc2c1C(=O)OC2=O.[2H]C([2H])([2H])Oc1ccc([C@@H](CS(C)(=O)=O)N2C(=O)c3cccc(NC(C)=O)c3C2=O)cc1OCC.[2H]C([2H])([2H])Oc1ccc([C@H](N)CS(C)(=O)=O)cc1OCC. The van der Waals surface area contributed by atoms with Crippen LogP contribution < -0.4 is 35.3 Å². The van der Waals surface area contributed by atoms with Gasteiger partial charge in [-0.3, -0.25) is 24.1 Å². The van der Waals surface area contributed by atoms with Crippen LogP contribution in [0.25, 0.3) is 0 Å². The first-order chi connectivity index (χ1) is 32.8. The van der Waals surface area contributed by atoms with Gasteiger partial charge in [0, 0.05) is 32.4 Å². The Morgan fingerprint density at radius 3 is 1.66 bits per heavy atom. The van der Waals surface area contributed by atoms with Crippen molar-refractivity contribution in [3.8, 4) is 23.0 Å². The molecular weight excluding hydrogens is 889 g/mol. The number of benzene rings is 4. The Labute approximate surface area is 384 Å². The van der Waals surface area contributed by atoms with Crippen LogP contribution >= 0.6 is 0 Å². The standard InChI is InChI=1S/C22H24N2O7S.C12H19NO4S.C10H7NO4/c1-5-31-19-11-14(9-10-18(19)30-3)17(12-32(4,28)29)24-21(26)15-7-6-8-16(23-13(2)25)20(15)22(24)27;1-4-17-12-7-9(5-6-11(12)16-2)10(13)8-18(3,14)15;1-5(12)11-7-4-2-3-6-8(7)10(14)15-9(6)13/h6-11,17H,5,12H2,1-4H3,(H,23,25);5-7,10H,4,8,13H2,1-3H3;2-4H,1H3,(H,11,12)/t17-;10-;/m11./s1/i3D3;2D3;. The molecule has 2 aliphatic heterocycles. The number of anilines is 2. The third-order valence-corrected chi connectivity index (χ3v) is 11.0. The number of rotatable bonds is 15. The maximum atomic E-state index is 13.4. The minimum Gasteiger partial charge on any atom is -0.493 e. The molecule has 0 fully saturated rings. The largest absolute Gasteiger partial charge is 0.493 e. The monoisotopic (exact) mass is 944 g/mol. The third-order valence-electron chi connectivity index (χ3n) is 9.06. The molecule has 0 bridgehead atoms. The smallest absolute Gasteiger partial charge is 0.349 e. The second-order valence-electron chi connectivity index (χ2n) is 14.3. The fourth-order valence-electron chi connectivity index (χ4n) is 6.53. The Morgan fingerprint density at radius 2 is 1.17 bits per heavy atom.